The Labute approximate surface area is 96.9 Å². The number of hydroxylamine groups is 1. The van der Waals surface area contributed by atoms with Crippen LogP contribution in [0.2, 0.25) is 0 Å². The van der Waals surface area contributed by atoms with Crippen molar-refractivity contribution in [3.8, 4) is 11.5 Å². The fourth-order valence-corrected chi connectivity index (χ4v) is 1.26. The van der Waals surface area contributed by atoms with E-state index in [-0.39, 0.29) is 12.4 Å². The predicted molar refractivity (Wildman–Crippen MR) is 56.5 cm³/mol. The molecule has 0 spiro atoms. The molecule has 0 saturated heterocycles. The maximum absolute atomic E-state index is 11.1. The van der Waals surface area contributed by atoms with Crippen LogP contribution in [0.25, 0.3) is 11.5 Å². The Morgan fingerprint density at radius 3 is 2.88 bits per heavy atom. The Kier molecular flexibility index (Phi) is 3.29. The summed E-state index contributed by atoms with van der Waals surface area (Å²) in [4.78, 5) is 8.72. The van der Waals surface area contributed by atoms with Crippen molar-refractivity contribution in [1.29, 1.82) is 0 Å². The predicted octanol–water partition coefficient (Wildman–Crippen LogP) is 1.76. The quantitative estimate of drug-likeness (QED) is 0.457. The second kappa shape index (κ2) is 5.06. The molecule has 1 aromatic carbocycles. The van der Waals surface area contributed by atoms with Crippen molar-refractivity contribution < 1.29 is 14.2 Å². The molecule has 0 N–H and O–H groups in total. The average molecular weight is 234 g/mol. The lowest BCUT2D eigenvalue weighted by Gasteiger charge is -1.93. The van der Waals surface area contributed by atoms with Crippen LogP contribution in [0, 0.1) is 5.21 Å². The van der Waals surface area contributed by atoms with Crippen molar-refractivity contribution in [2.24, 2.45) is 5.28 Å². The molecule has 17 heavy (non-hydrogen) atoms. The normalized spacial score (nSPS) is 11.5. The lowest BCUT2D eigenvalue weighted by molar-refractivity contribution is -0.573. The SMILES string of the molecule is CON=[N+]([O-])Cc1noc(-c2ccccc2)n1. The van der Waals surface area contributed by atoms with E-state index in [4.69, 9.17) is 4.52 Å². The number of hydrogen-bond donors (Lipinski definition) is 0. The molecule has 7 nitrogen and oxygen atoms in total. The molecule has 0 bridgehead atoms. The molecule has 1 aromatic heterocycles. The maximum Gasteiger partial charge on any atom is 0.258 e. The smallest absolute Gasteiger partial charge is 0.258 e. The van der Waals surface area contributed by atoms with Gasteiger partial charge in [0.25, 0.3) is 5.89 Å². The molecule has 2 aromatic rings. The van der Waals surface area contributed by atoms with Crippen LogP contribution in [-0.4, -0.2) is 22.1 Å². The summed E-state index contributed by atoms with van der Waals surface area (Å²) in [5.74, 6) is 0.617. The number of nitrogens with zero attached hydrogens (tertiary/aromatic N) is 4. The minimum absolute atomic E-state index is 0.121. The molecule has 0 fully saturated rings. The average Bonchev–Trinajstić information content (AvgIpc) is 2.79. The lowest BCUT2D eigenvalue weighted by Crippen LogP contribution is -2.02. The number of aromatic nitrogens is 2. The van der Waals surface area contributed by atoms with E-state index in [2.05, 4.69) is 20.3 Å². The third kappa shape index (κ3) is 2.77. The first-order valence-corrected chi connectivity index (χ1v) is 4.86. The lowest BCUT2D eigenvalue weighted by atomic mass is 10.2. The minimum atomic E-state index is -0.121. The van der Waals surface area contributed by atoms with E-state index >= 15 is 0 Å². The first-order chi connectivity index (χ1) is 8.29. The molecule has 0 aliphatic heterocycles. The van der Waals surface area contributed by atoms with Crippen LogP contribution in [0.1, 0.15) is 5.82 Å². The van der Waals surface area contributed by atoms with Crippen molar-refractivity contribution in [1.82, 2.24) is 10.1 Å². The highest BCUT2D eigenvalue weighted by Gasteiger charge is 2.11. The van der Waals surface area contributed by atoms with Gasteiger partial charge in [0.05, 0.1) is 0 Å². The van der Waals surface area contributed by atoms with Crippen LogP contribution in [0.4, 0.5) is 0 Å². The van der Waals surface area contributed by atoms with E-state index < -0.39 is 0 Å². The van der Waals surface area contributed by atoms with Crippen LogP contribution in [-0.2, 0) is 11.4 Å². The van der Waals surface area contributed by atoms with Gasteiger partial charge in [-0.05, 0) is 17.0 Å². The zero-order valence-corrected chi connectivity index (χ0v) is 9.11. The third-order valence-corrected chi connectivity index (χ3v) is 1.94. The van der Waals surface area contributed by atoms with Crippen LogP contribution in [0.15, 0.2) is 40.1 Å². The van der Waals surface area contributed by atoms with E-state index in [1.165, 1.54) is 7.11 Å². The number of rotatable bonds is 4. The highest BCUT2D eigenvalue weighted by Crippen LogP contribution is 2.16. The van der Waals surface area contributed by atoms with Crippen LogP contribution in [0.3, 0.4) is 0 Å². The second-order valence-corrected chi connectivity index (χ2v) is 3.16. The third-order valence-electron chi connectivity index (χ3n) is 1.94. The summed E-state index contributed by atoms with van der Waals surface area (Å²) in [6, 6.07) is 9.29. The Bertz CT molecular complexity index is 509. The van der Waals surface area contributed by atoms with Gasteiger partial charge in [0, 0.05) is 5.56 Å². The number of benzene rings is 1. The molecule has 2 rings (SSSR count). The summed E-state index contributed by atoms with van der Waals surface area (Å²) in [6.07, 6.45) is 0. The van der Waals surface area contributed by atoms with Gasteiger partial charge in [-0.15, -0.1) is 0 Å². The molecular formula is C10H10N4O3. The van der Waals surface area contributed by atoms with Gasteiger partial charge in [0.15, 0.2) is 5.28 Å². The molecule has 0 amide bonds. The van der Waals surface area contributed by atoms with Crippen molar-refractivity contribution in [2.45, 2.75) is 6.54 Å². The molecule has 88 valence electrons. The fourth-order valence-electron chi connectivity index (χ4n) is 1.26. The first-order valence-electron chi connectivity index (χ1n) is 4.86. The fraction of sp³-hybridized carbons (Fsp3) is 0.200. The maximum atomic E-state index is 11.1. The van der Waals surface area contributed by atoms with E-state index in [1.54, 1.807) is 0 Å². The van der Waals surface area contributed by atoms with Gasteiger partial charge in [-0.25, -0.2) is 0 Å². The standard InChI is InChI=1S/C10H10N4O3/c1-16-13-14(15)7-9-11-10(17-12-9)8-5-3-2-4-6-8/h2-6H,7H2,1H3. The molecule has 0 aliphatic rings. The summed E-state index contributed by atoms with van der Waals surface area (Å²) in [6.45, 7) is -0.121. The molecule has 0 aliphatic carbocycles. The Morgan fingerprint density at radius 2 is 2.18 bits per heavy atom. The van der Waals surface area contributed by atoms with Gasteiger partial charge in [0.1, 0.15) is 7.11 Å². The van der Waals surface area contributed by atoms with Crippen LogP contribution < -0.4 is 0 Å². The van der Waals surface area contributed by atoms with Crippen molar-refractivity contribution in [3.05, 3.63) is 41.4 Å². The number of hydrogen-bond acceptors (Lipinski definition) is 6. The van der Waals surface area contributed by atoms with Gasteiger partial charge in [0.2, 0.25) is 12.4 Å². The highest BCUT2D eigenvalue weighted by molar-refractivity contribution is 5.51. The molecule has 0 atom stereocenters. The summed E-state index contributed by atoms with van der Waals surface area (Å²) >= 11 is 0. The zero-order chi connectivity index (χ0) is 12.1. The van der Waals surface area contributed by atoms with Gasteiger partial charge in [-0.1, -0.05) is 23.4 Å². The summed E-state index contributed by atoms with van der Waals surface area (Å²) in [5, 5.41) is 17.9. The topological polar surface area (TPSA) is 86.6 Å². The minimum Gasteiger partial charge on any atom is -0.597 e. The molecule has 0 saturated carbocycles. The molecule has 0 unspecified atom stereocenters. The van der Waals surface area contributed by atoms with Gasteiger partial charge < -0.3 is 14.6 Å². The van der Waals surface area contributed by atoms with Gasteiger partial charge >= 0.3 is 0 Å². The van der Waals surface area contributed by atoms with Gasteiger partial charge in [-0.2, -0.15) is 4.98 Å². The Morgan fingerprint density at radius 1 is 1.41 bits per heavy atom. The molecule has 7 heteroatoms. The van der Waals surface area contributed by atoms with E-state index in [9.17, 15) is 5.21 Å². The van der Waals surface area contributed by atoms with Crippen LogP contribution >= 0.6 is 0 Å². The van der Waals surface area contributed by atoms with E-state index in [0.29, 0.717) is 10.8 Å². The Hall–Kier alpha value is -2.44. The first kappa shape index (κ1) is 11.1. The molecular weight excluding hydrogens is 224 g/mol. The van der Waals surface area contributed by atoms with Gasteiger partial charge in [-0.3, -0.25) is 0 Å². The zero-order valence-electron chi connectivity index (χ0n) is 9.11. The molecule has 0 radical (unpaired) electrons. The summed E-state index contributed by atoms with van der Waals surface area (Å²) < 4.78 is 5.02. The summed E-state index contributed by atoms with van der Waals surface area (Å²) in [5.41, 5.74) is 0.798. The Balaban J connectivity index is 2.14. The largest absolute Gasteiger partial charge is 0.597 e. The highest BCUT2D eigenvalue weighted by atomic mass is 16.7. The van der Waals surface area contributed by atoms with Crippen molar-refractivity contribution >= 4 is 0 Å². The summed E-state index contributed by atoms with van der Waals surface area (Å²) in [7, 11) is 1.29. The molecule has 1 heterocycles. The van der Waals surface area contributed by atoms with Crippen molar-refractivity contribution in [2.75, 3.05) is 7.11 Å². The van der Waals surface area contributed by atoms with E-state index in [0.717, 1.165) is 5.56 Å². The van der Waals surface area contributed by atoms with Crippen molar-refractivity contribution in [3.63, 3.8) is 0 Å². The second-order valence-electron chi connectivity index (χ2n) is 3.16. The van der Waals surface area contributed by atoms with Crippen LogP contribution in [0.5, 0.6) is 0 Å². The monoisotopic (exact) mass is 234 g/mol. The van der Waals surface area contributed by atoms with E-state index in [1.807, 2.05) is 30.3 Å².